The minimum atomic E-state index is -1.17. The fourth-order valence-corrected chi connectivity index (χ4v) is 3.73. The van der Waals surface area contributed by atoms with E-state index in [-0.39, 0.29) is 37.5 Å². The molecule has 41 heavy (non-hydrogen) atoms. The van der Waals surface area contributed by atoms with Crippen molar-refractivity contribution in [1.29, 1.82) is 0 Å². The van der Waals surface area contributed by atoms with Gasteiger partial charge in [0.1, 0.15) is 23.7 Å². The maximum Gasteiger partial charge on any atom is 0.330 e. The molecule has 222 valence electrons. The summed E-state index contributed by atoms with van der Waals surface area (Å²) in [4.78, 5) is 62.6. The van der Waals surface area contributed by atoms with E-state index in [1.54, 1.807) is 27.7 Å². The van der Waals surface area contributed by atoms with E-state index in [4.69, 9.17) is 15.0 Å². The van der Waals surface area contributed by atoms with Gasteiger partial charge in [0.2, 0.25) is 17.7 Å². The summed E-state index contributed by atoms with van der Waals surface area (Å²) in [5, 5.41) is 11.6. The molecule has 0 unspecified atom stereocenters. The standard InChI is InChI=1S/C28H36FN5O7/c1-5-40-24(36)13-11-20(10-12-23(30)35)31-26(37)21(15-18-6-8-19(29)9-7-18)32-28(39)25(16(2)3)33-27(38)22-14-17(4)41-34-22/h6-9,11,13-14,16,20-21,25H,5,10,12,15H2,1-4H3,(H2,30,35)(H,31,37)(H,32,39)(H,33,38)/b13-11+/t20-,21-,25-/m0/s1. The Morgan fingerprint density at radius 3 is 2.32 bits per heavy atom. The molecule has 1 heterocycles. The number of hydrogen-bond acceptors (Lipinski definition) is 8. The number of halogens is 1. The molecule has 3 atom stereocenters. The Balaban J connectivity index is 2.28. The normalized spacial score (nSPS) is 13.3. The van der Waals surface area contributed by atoms with Crippen LogP contribution in [0.3, 0.4) is 0 Å². The number of nitrogens with two attached hydrogens (primary N) is 1. The first-order valence-corrected chi connectivity index (χ1v) is 13.1. The molecular weight excluding hydrogens is 537 g/mol. The van der Waals surface area contributed by atoms with Crippen molar-refractivity contribution in [2.45, 2.75) is 65.1 Å². The van der Waals surface area contributed by atoms with Crippen molar-refractivity contribution in [1.82, 2.24) is 21.1 Å². The van der Waals surface area contributed by atoms with Crippen LogP contribution in [0.25, 0.3) is 0 Å². The third-order valence-electron chi connectivity index (χ3n) is 5.86. The van der Waals surface area contributed by atoms with Gasteiger partial charge >= 0.3 is 5.97 Å². The number of nitrogens with zero attached hydrogens (tertiary/aromatic N) is 1. The molecule has 2 rings (SSSR count). The van der Waals surface area contributed by atoms with Crippen molar-refractivity contribution in [3.8, 4) is 0 Å². The van der Waals surface area contributed by atoms with Gasteiger partial charge in [-0.1, -0.05) is 37.2 Å². The molecular formula is C28H36FN5O7. The molecule has 0 saturated carbocycles. The number of benzene rings is 1. The van der Waals surface area contributed by atoms with E-state index >= 15 is 0 Å². The van der Waals surface area contributed by atoms with Gasteiger partial charge in [-0.3, -0.25) is 19.2 Å². The molecule has 13 heteroatoms. The van der Waals surface area contributed by atoms with Crippen LogP contribution in [0.5, 0.6) is 0 Å². The lowest BCUT2D eigenvalue weighted by Crippen LogP contribution is -2.56. The third-order valence-corrected chi connectivity index (χ3v) is 5.86. The average molecular weight is 574 g/mol. The minimum absolute atomic E-state index is 0.00719. The van der Waals surface area contributed by atoms with E-state index in [1.807, 2.05) is 0 Å². The molecule has 0 fully saturated rings. The third kappa shape index (κ3) is 11.2. The summed E-state index contributed by atoms with van der Waals surface area (Å²) < 4.78 is 23.3. The van der Waals surface area contributed by atoms with Crippen LogP contribution in [-0.4, -0.2) is 59.5 Å². The number of nitrogens with one attached hydrogen (secondary N) is 3. The molecule has 0 spiro atoms. The van der Waals surface area contributed by atoms with Gasteiger partial charge in [0.15, 0.2) is 5.69 Å². The van der Waals surface area contributed by atoms with Crippen LogP contribution in [0.2, 0.25) is 0 Å². The molecule has 0 saturated heterocycles. The monoisotopic (exact) mass is 573 g/mol. The minimum Gasteiger partial charge on any atom is -0.463 e. The van der Waals surface area contributed by atoms with Gasteiger partial charge in [0, 0.05) is 31.0 Å². The van der Waals surface area contributed by atoms with Crippen LogP contribution < -0.4 is 21.7 Å². The molecule has 0 aliphatic heterocycles. The predicted molar refractivity (Wildman–Crippen MR) is 145 cm³/mol. The first-order chi connectivity index (χ1) is 19.4. The van der Waals surface area contributed by atoms with Gasteiger partial charge in [-0.05, 0) is 43.9 Å². The lowest BCUT2D eigenvalue weighted by atomic mass is 10.00. The number of ether oxygens (including phenoxy) is 1. The second-order valence-electron chi connectivity index (χ2n) is 9.64. The molecule has 0 bridgehead atoms. The van der Waals surface area contributed by atoms with Crippen LogP contribution in [-0.2, 0) is 30.3 Å². The van der Waals surface area contributed by atoms with E-state index < -0.39 is 53.5 Å². The van der Waals surface area contributed by atoms with Crippen molar-refractivity contribution < 1.29 is 37.6 Å². The van der Waals surface area contributed by atoms with E-state index in [9.17, 15) is 28.4 Å². The van der Waals surface area contributed by atoms with E-state index in [0.717, 1.165) is 6.08 Å². The first kappa shape index (κ1) is 32.7. The number of carbonyl (C=O) groups excluding carboxylic acids is 5. The molecule has 4 amide bonds. The van der Waals surface area contributed by atoms with Crippen LogP contribution >= 0.6 is 0 Å². The van der Waals surface area contributed by atoms with Gasteiger partial charge < -0.3 is 30.9 Å². The van der Waals surface area contributed by atoms with Crippen molar-refractivity contribution in [3.63, 3.8) is 0 Å². The van der Waals surface area contributed by atoms with E-state index in [2.05, 4.69) is 21.1 Å². The number of carbonyl (C=O) groups is 5. The molecule has 1 aromatic carbocycles. The summed E-state index contributed by atoms with van der Waals surface area (Å²) in [6.07, 6.45) is 2.46. The Labute approximate surface area is 237 Å². The SMILES string of the molecule is CCOC(=O)/C=C/[C@H](CCC(N)=O)NC(=O)[C@H](Cc1ccc(F)cc1)NC(=O)[C@@H](NC(=O)c1cc(C)on1)C(C)C. The summed E-state index contributed by atoms with van der Waals surface area (Å²) in [6, 6.07) is 3.80. The van der Waals surface area contributed by atoms with Crippen molar-refractivity contribution in [2.75, 3.05) is 6.61 Å². The van der Waals surface area contributed by atoms with Crippen LogP contribution in [0.1, 0.15) is 55.4 Å². The van der Waals surface area contributed by atoms with Crippen molar-refractivity contribution in [2.24, 2.45) is 11.7 Å². The maximum atomic E-state index is 13.5. The quantitative estimate of drug-likeness (QED) is 0.182. The summed E-state index contributed by atoms with van der Waals surface area (Å²) in [6.45, 7) is 6.84. The molecule has 0 aliphatic carbocycles. The number of rotatable bonds is 15. The van der Waals surface area contributed by atoms with Crippen LogP contribution in [0, 0.1) is 18.7 Å². The highest BCUT2D eigenvalue weighted by Gasteiger charge is 2.30. The van der Waals surface area contributed by atoms with Crippen LogP contribution in [0.4, 0.5) is 4.39 Å². The average Bonchev–Trinajstić information content (AvgIpc) is 3.35. The smallest absolute Gasteiger partial charge is 0.330 e. The fourth-order valence-electron chi connectivity index (χ4n) is 3.73. The second kappa shape index (κ2) is 15.9. The Hall–Kier alpha value is -4.55. The lowest BCUT2D eigenvalue weighted by Gasteiger charge is -2.26. The van der Waals surface area contributed by atoms with Gasteiger partial charge in [-0.25, -0.2) is 9.18 Å². The fraction of sp³-hybridized carbons (Fsp3) is 0.429. The molecule has 5 N–H and O–H groups in total. The lowest BCUT2D eigenvalue weighted by molar-refractivity contribution is -0.137. The summed E-state index contributed by atoms with van der Waals surface area (Å²) >= 11 is 0. The number of hydrogen-bond donors (Lipinski definition) is 4. The topological polar surface area (TPSA) is 183 Å². The number of aromatic nitrogens is 1. The van der Waals surface area contributed by atoms with Gasteiger partial charge in [-0.2, -0.15) is 0 Å². The number of aryl methyl sites for hydroxylation is 1. The molecule has 2 aromatic rings. The van der Waals surface area contributed by atoms with Crippen molar-refractivity contribution in [3.05, 3.63) is 65.3 Å². The zero-order valence-electron chi connectivity index (χ0n) is 23.4. The number of amides is 4. The van der Waals surface area contributed by atoms with Gasteiger partial charge in [0.25, 0.3) is 5.91 Å². The Bertz CT molecular complexity index is 1240. The Morgan fingerprint density at radius 2 is 1.76 bits per heavy atom. The summed E-state index contributed by atoms with van der Waals surface area (Å²) in [5.41, 5.74) is 5.80. The zero-order valence-corrected chi connectivity index (χ0v) is 23.4. The summed E-state index contributed by atoms with van der Waals surface area (Å²) in [5.74, 6) is -3.61. The zero-order chi connectivity index (χ0) is 30.5. The second-order valence-corrected chi connectivity index (χ2v) is 9.64. The Morgan fingerprint density at radius 1 is 1.07 bits per heavy atom. The van der Waals surface area contributed by atoms with Gasteiger partial charge in [0.05, 0.1) is 6.61 Å². The maximum absolute atomic E-state index is 13.5. The molecule has 0 aliphatic rings. The largest absolute Gasteiger partial charge is 0.463 e. The van der Waals surface area contributed by atoms with Crippen molar-refractivity contribution >= 4 is 29.6 Å². The van der Waals surface area contributed by atoms with E-state index in [1.165, 1.54) is 36.4 Å². The highest BCUT2D eigenvalue weighted by Crippen LogP contribution is 2.11. The van der Waals surface area contributed by atoms with E-state index in [0.29, 0.717) is 11.3 Å². The number of primary amides is 1. The molecule has 0 radical (unpaired) electrons. The predicted octanol–water partition coefficient (Wildman–Crippen LogP) is 1.47. The number of esters is 1. The highest BCUT2D eigenvalue weighted by molar-refractivity contribution is 5.97. The molecule has 12 nitrogen and oxygen atoms in total. The van der Waals surface area contributed by atoms with Gasteiger partial charge in [-0.15, -0.1) is 0 Å². The highest BCUT2D eigenvalue weighted by atomic mass is 19.1. The Kier molecular flexibility index (Phi) is 12.7. The first-order valence-electron chi connectivity index (χ1n) is 13.1. The molecule has 1 aromatic heterocycles. The van der Waals surface area contributed by atoms with Crippen LogP contribution in [0.15, 0.2) is 47.0 Å². The summed E-state index contributed by atoms with van der Waals surface area (Å²) in [7, 11) is 0.